The molecule has 0 atom stereocenters. The summed E-state index contributed by atoms with van der Waals surface area (Å²) in [4.78, 5) is 12.9. The average Bonchev–Trinajstić information content (AvgIpc) is 2.78. The lowest BCUT2D eigenvalue weighted by Gasteiger charge is -2.15. The molecular formula is C27H33NO2. The van der Waals surface area contributed by atoms with Crippen LogP contribution >= 0.6 is 0 Å². The molecule has 0 aliphatic carbocycles. The molecule has 1 amide bonds. The summed E-state index contributed by atoms with van der Waals surface area (Å²) < 4.78 is 6.19. The van der Waals surface area contributed by atoms with E-state index in [1.807, 2.05) is 60.7 Å². The first-order valence-corrected chi connectivity index (χ1v) is 11.3. The molecule has 3 aromatic rings. The van der Waals surface area contributed by atoms with Gasteiger partial charge in [-0.15, -0.1) is 0 Å². The number of fused-ring (bicyclic) bond motifs is 1. The summed E-state index contributed by atoms with van der Waals surface area (Å²) in [7, 11) is 0. The zero-order valence-corrected chi connectivity index (χ0v) is 18.0. The van der Waals surface area contributed by atoms with Crippen molar-refractivity contribution in [2.75, 3.05) is 11.9 Å². The highest BCUT2D eigenvalue weighted by atomic mass is 16.5. The molecule has 1 N–H and O–H groups in total. The number of benzene rings is 3. The van der Waals surface area contributed by atoms with Crippen molar-refractivity contribution in [1.29, 1.82) is 0 Å². The van der Waals surface area contributed by atoms with Gasteiger partial charge in [-0.2, -0.15) is 0 Å². The minimum Gasteiger partial charge on any atom is -0.492 e. The Balaban J connectivity index is 1.63. The lowest BCUT2D eigenvalue weighted by atomic mass is 10.0. The molecule has 3 nitrogen and oxygen atoms in total. The van der Waals surface area contributed by atoms with Crippen LogP contribution < -0.4 is 10.1 Å². The second-order valence-corrected chi connectivity index (χ2v) is 7.81. The van der Waals surface area contributed by atoms with E-state index in [1.165, 1.54) is 44.9 Å². The van der Waals surface area contributed by atoms with E-state index < -0.39 is 0 Å². The van der Waals surface area contributed by atoms with E-state index in [0.29, 0.717) is 17.9 Å². The average molecular weight is 404 g/mol. The standard InChI is InChI=1S/C27H33NO2/c1-2-3-4-5-6-7-8-14-21-30-26-24-18-13-12-15-22(24)19-20-25(26)27(29)28-23-16-10-9-11-17-23/h9-13,15-20H,2-8,14,21H2,1H3,(H,28,29). The van der Waals surface area contributed by atoms with Gasteiger partial charge in [-0.3, -0.25) is 4.79 Å². The van der Waals surface area contributed by atoms with Crippen molar-refractivity contribution in [3.63, 3.8) is 0 Å². The number of ether oxygens (including phenoxy) is 1. The van der Waals surface area contributed by atoms with Gasteiger partial charge in [0.25, 0.3) is 5.91 Å². The van der Waals surface area contributed by atoms with E-state index in [-0.39, 0.29) is 5.91 Å². The number of hydrogen-bond donors (Lipinski definition) is 1. The van der Waals surface area contributed by atoms with E-state index in [4.69, 9.17) is 4.74 Å². The van der Waals surface area contributed by atoms with Crippen molar-refractivity contribution in [2.45, 2.75) is 58.3 Å². The van der Waals surface area contributed by atoms with E-state index in [2.05, 4.69) is 18.3 Å². The highest BCUT2D eigenvalue weighted by Gasteiger charge is 2.16. The fourth-order valence-corrected chi connectivity index (χ4v) is 3.71. The number of anilines is 1. The van der Waals surface area contributed by atoms with E-state index in [0.717, 1.165) is 22.9 Å². The van der Waals surface area contributed by atoms with Crippen LogP contribution in [-0.4, -0.2) is 12.5 Å². The maximum Gasteiger partial charge on any atom is 0.259 e. The third-order valence-corrected chi connectivity index (χ3v) is 5.40. The summed E-state index contributed by atoms with van der Waals surface area (Å²) in [6, 6.07) is 21.5. The molecule has 3 heteroatoms. The fourth-order valence-electron chi connectivity index (χ4n) is 3.71. The van der Waals surface area contributed by atoms with Crippen molar-refractivity contribution in [1.82, 2.24) is 0 Å². The molecule has 3 rings (SSSR count). The molecule has 0 heterocycles. The molecule has 0 aliphatic rings. The Hall–Kier alpha value is -2.81. The lowest BCUT2D eigenvalue weighted by Crippen LogP contribution is -2.14. The molecular weight excluding hydrogens is 370 g/mol. The number of carbonyl (C=O) groups is 1. The van der Waals surface area contributed by atoms with Gasteiger partial charge in [0.15, 0.2) is 0 Å². The van der Waals surface area contributed by atoms with Crippen LogP contribution in [0.1, 0.15) is 68.6 Å². The van der Waals surface area contributed by atoms with Gasteiger partial charge in [0.1, 0.15) is 5.75 Å². The van der Waals surface area contributed by atoms with Crippen LogP contribution in [0, 0.1) is 0 Å². The smallest absolute Gasteiger partial charge is 0.259 e. The SMILES string of the molecule is CCCCCCCCCCOc1c(C(=O)Nc2ccccc2)ccc2ccccc12. The summed E-state index contributed by atoms with van der Waals surface area (Å²) in [5, 5.41) is 5.05. The number of unbranched alkanes of at least 4 members (excludes halogenated alkanes) is 7. The van der Waals surface area contributed by atoms with Gasteiger partial charge >= 0.3 is 0 Å². The van der Waals surface area contributed by atoms with Gasteiger partial charge in [-0.25, -0.2) is 0 Å². The van der Waals surface area contributed by atoms with Crippen LogP contribution in [0.2, 0.25) is 0 Å². The van der Waals surface area contributed by atoms with Crippen molar-refractivity contribution < 1.29 is 9.53 Å². The molecule has 0 fully saturated rings. The summed E-state index contributed by atoms with van der Waals surface area (Å²) in [5.74, 6) is 0.544. The molecule has 0 unspecified atom stereocenters. The largest absolute Gasteiger partial charge is 0.492 e. The third kappa shape index (κ3) is 6.35. The number of carbonyl (C=O) groups excluding carboxylic acids is 1. The first kappa shape index (κ1) is 21.9. The Kier molecular flexibility index (Phi) is 8.77. The zero-order chi connectivity index (χ0) is 21.0. The summed E-state index contributed by atoms with van der Waals surface area (Å²) in [6.45, 7) is 2.88. The molecule has 0 aliphatic heterocycles. The van der Waals surface area contributed by atoms with Crippen molar-refractivity contribution >= 4 is 22.4 Å². The Morgan fingerprint density at radius 3 is 2.20 bits per heavy atom. The maximum absolute atomic E-state index is 12.9. The predicted molar refractivity (Wildman–Crippen MR) is 126 cm³/mol. The van der Waals surface area contributed by atoms with Crippen LogP contribution in [0.3, 0.4) is 0 Å². The van der Waals surface area contributed by atoms with Gasteiger partial charge in [-0.1, -0.05) is 100 Å². The van der Waals surface area contributed by atoms with E-state index in [9.17, 15) is 4.79 Å². The molecule has 0 aromatic heterocycles. The van der Waals surface area contributed by atoms with Gasteiger partial charge in [0, 0.05) is 11.1 Å². The second-order valence-electron chi connectivity index (χ2n) is 7.81. The Morgan fingerprint density at radius 1 is 0.767 bits per heavy atom. The van der Waals surface area contributed by atoms with Gasteiger partial charge < -0.3 is 10.1 Å². The van der Waals surface area contributed by atoms with Gasteiger partial charge in [0.2, 0.25) is 0 Å². The first-order chi connectivity index (χ1) is 14.8. The van der Waals surface area contributed by atoms with Crippen molar-refractivity contribution in [3.8, 4) is 5.75 Å². The minimum absolute atomic E-state index is 0.141. The Bertz CT molecular complexity index is 921. The Morgan fingerprint density at radius 2 is 1.43 bits per heavy atom. The third-order valence-electron chi connectivity index (χ3n) is 5.40. The quantitative estimate of drug-likeness (QED) is 0.316. The molecule has 0 saturated carbocycles. The molecule has 158 valence electrons. The topological polar surface area (TPSA) is 38.3 Å². The maximum atomic E-state index is 12.9. The van der Waals surface area contributed by atoms with Crippen LogP contribution in [-0.2, 0) is 0 Å². The minimum atomic E-state index is -0.141. The molecule has 0 saturated heterocycles. The summed E-state index contributed by atoms with van der Waals surface area (Å²) in [5.41, 5.74) is 1.36. The summed E-state index contributed by atoms with van der Waals surface area (Å²) >= 11 is 0. The number of nitrogens with one attached hydrogen (secondary N) is 1. The second kappa shape index (κ2) is 12.0. The van der Waals surface area contributed by atoms with E-state index >= 15 is 0 Å². The highest BCUT2D eigenvalue weighted by molar-refractivity contribution is 6.10. The van der Waals surface area contributed by atoms with Crippen LogP contribution in [0.4, 0.5) is 5.69 Å². The van der Waals surface area contributed by atoms with Crippen LogP contribution in [0.5, 0.6) is 5.75 Å². The lowest BCUT2D eigenvalue weighted by molar-refractivity contribution is 0.102. The van der Waals surface area contributed by atoms with Crippen molar-refractivity contribution in [2.24, 2.45) is 0 Å². The number of amides is 1. The number of para-hydroxylation sites is 1. The van der Waals surface area contributed by atoms with Crippen LogP contribution in [0.25, 0.3) is 10.8 Å². The Labute approximate surface area is 180 Å². The van der Waals surface area contributed by atoms with Crippen LogP contribution in [0.15, 0.2) is 66.7 Å². The molecule has 0 spiro atoms. The van der Waals surface area contributed by atoms with Gasteiger partial charge in [0.05, 0.1) is 12.2 Å². The molecule has 30 heavy (non-hydrogen) atoms. The molecule has 3 aromatic carbocycles. The normalized spacial score (nSPS) is 10.8. The van der Waals surface area contributed by atoms with Crippen molar-refractivity contribution in [3.05, 3.63) is 72.3 Å². The zero-order valence-electron chi connectivity index (χ0n) is 18.0. The summed E-state index contributed by atoms with van der Waals surface area (Å²) in [6.07, 6.45) is 10.1. The molecule has 0 radical (unpaired) electrons. The number of hydrogen-bond acceptors (Lipinski definition) is 2. The predicted octanol–water partition coefficient (Wildman–Crippen LogP) is 7.61. The van der Waals surface area contributed by atoms with Gasteiger partial charge in [-0.05, 0) is 30.0 Å². The first-order valence-electron chi connectivity index (χ1n) is 11.3. The number of rotatable bonds is 12. The highest BCUT2D eigenvalue weighted by Crippen LogP contribution is 2.31. The fraction of sp³-hybridized carbons (Fsp3) is 0.370. The monoisotopic (exact) mass is 403 g/mol. The van der Waals surface area contributed by atoms with E-state index in [1.54, 1.807) is 0 Å². The molecule has 0 bridgehead atoms.